The Bertz CT molecular complexity index is 1110. The van der Waals surface area contributed by atoms with Crippen molar-refractivity contribution in [2.24, 2.45) is 0 Å². The largest absolute Gasteiger partial charge is 0.462 e. The van der Waals surface area contributed by atoms with Crippen LogP contribution in [0.25, 0.3) is 0 Å². The lowest BCUT2D eigenvalue weighted by Crippen LogP contribution is -2.29. The highest BCUT2D eigenvalue weighted by Gasteiger charge is 2.27. The van der Waals surface area contributed by atoms with E-state index in [0.29, 0.717) is 38.5 Å². The molecule has 0 aromatic heterocycles. The molecule has 0 saturated heterocycles. The van der Waals surface area contributed by atoms with Gasteiger partial charge in [0.05, 0.1) is 5.60 Å². The Labute approximate surface area is 312 Å². The maximum Gasteiger partial charge on any atom is 0.306 e. The molecule has 288 valence electrons. The molecule has 0 saturated carbocycles. The number of hydrogen-bond acceptors (Lipinski definition) is 5. The Morgan fingerprint density at radius 1 is 0.529 bits per heavy atom. The summed E-state index contributed by atoms with van der Waals surface area (Å²) in [5, 5.41) is 11.5. The van der Waals surface area contributed by atoms with E-state index >= 15 is 0 Å². The van der Waals surface area contributed by atoms with Crippen LogP contribution in [0.5, 0.6) is 0 Å². The first kappa shape index (κ1) is 44.5. The third-order valence-electron chi connectivity index (χ3n) is 10.4. The number of ether oxygens (including phenoxy) is 2. The van der Waals surface area contributed by atoms with Gasteiger partial charge in [-0.2, -0.15) is 0 Å². The fraction of sp³-hybridized carbons (Fsp3) is 0.696. The van der Waals surface area contributed by atoms with E-state index < -0.39 is 5.60 Å². The molecule has 1 N–H and O–H groups in total. The van der Waals surface area contributed by atoms with Crippen molar-refractivity contribution in [2.45, 2.75) is 207 Å². The second kappa shape index (κ2) is 27.0. The predicted molar refractivity (Wildman–Crippen MR) is 213 cm³/mol. The normalized spacial score (nSPS) is 12.7. The second-order valence-corrected chi connectivity index (χ2v) is 15.4. The van der Waals surface area contributed by atoms with Gasteiger partial charge in [0.1, 0.15) is 12.2 Å². The van der Waals surface area contributed by atoms with Crippen LogP contribution in [0.4, 0.5) is 0 Å². The van der Waals surface area contributed by atoms with Gasteiger partial charge < -0.3 is 14.6 Å². The van der Waals surface area contributed by atoms with Crippen LogP contribution in [-0.2, 0) is 31.9 Å². The lowest BCUT2D eigenvalue weighted by Gasteiger charge is -2.28. The summed E-state index contributed by atoms with van der Waals surface area (Å²) in [5.41, 5.74) is 4.11. The smallest absolute Gasteiger partial charge is 0.306 e. The molecule has 5 heteroatoms. The van der Waals surface area contributed by atoms with E-state index in [1.165, 1.54) is 73.6 Å². The Morgan fingerprint density at radius 2 is 0.922 bits per heavy atom. The molecule has 2 aromatic rings. The summed E-state index contributed by atoms with van der Waals surface area (Å²) in [6.07, 6.45) is 21.6. The van der Waals surface area contributed by atoms with Crippen LogP contribution in [0, 0.1) is 13.8 Å². The first-order valence-electron chi connectivity index (χ1n) is 20.9. The van der Waals surface area contributed by atoms with E-state index in [-0.39, 0.29) is 30.6 Å². The van der Waals surface area contributed by atoms with Gasteiger partial charge in [-0.1, -0.05) is 138 Å². The lowest BCUT2D eigenvalue weighted by atomic mass is 9.86. The van der Waals surface area contributed by atoms with Crippen LogP contribution < -0.4 is 0 Å². The molecule has 2 rings (SSSR count). The molecule has 0 radical (unpaired) electrons. The van der Waals surface area contributed by atoms with Gasteiger partial charge in [0.15, 0.2) is 0 Å². The second-order valence-electron chi connectivity index (χ2n) is 15.4. The molecular formula is C46H74O5. The molecule has 1 unspecified atom stereocenters. The van der Waals surface area contributed by atoms with E-state index in [0.717, 1.165) is 57.8 Å². The van der Waals surface area contributed by atoms with Crippen LogP contribution in [-0.4, -0.2) is 34.9 Å². The Morgan fingerprint density at radius 3 is 1.31 bits per heavy atom. The van der Waals surface area contributed by atoms with E-state index in [1.807, 2.05) is 0 Å². The van der Waals surface area contributed by atoms with Gasteiger partial charge in [-0.3, -0.25) is 9.59 Å². The molecule has 0 heterocycles. The molecule has 0 aliphatic rings. The zero-order valence-corrected chi connectivity index (χ0v) is 33.3. The number of hydrogen-bond donors (Lipinski definition) is 1. The molecule has 0 aliphatic carbocycles. The van der Waals surface area contributed by atoms with E-state index in [4.69, 9.17) is 9.47 Å². The van der Waals surface area contributed by atoms with Gasteiger partial charge >= 0.3 is 11.9 Å². The number of carbonyl (C=O) groups is 2. The van der Waals surface area contributed by atoms with Crippen LogP contribution in [0.1, 0.15) is 184 Å². The molecule has 0 fully saturated rings. The quantitative estimate of drug-likeness (QED) is 0.0647. The van der Waals surface area contributed by atoms with Crippen molar-refractivity contribution >= 4 is 11.9 Å². The number of aliphatic hydroxyl groups is 1. The minimum absolute atomic E-state index is 0.0129. The highest BCUT2D eigenvalue weighted by Crippen LogP contribution is 2.28. The van der Waals surface area contributed by atoms with Crippen LogP contribution in [0.3, 0.4) is 0 Å². The topological polar surface area (TPSA) is 72.8 Å². The minimum Gasteiger partial charge on any atom is -0.462 e. The summed E-state index contributed by atoms with van der Waals surface area (Å²) >= 11 is 0. The van der Waals surface area contributed by atoms with E-state index in [1.54, 1.807) is 0 Å². The van der Waals surface area contributed by atoms with Crippen LogP contribution in [0.2, 0.25) is 0 Å². The molecule has 0 bridgehead atoms. The number of unbranched alkanes of at least 4 members (excludes halogenated alkanes) is 8. The summed E-state index contributed by atoms with van der Waals surface area (Å²) in [5.74, 6) is -0.322. The summed E-state index contributed by atoms with van der Waals surface area (Å²) in [7, 11) is 0. The lowest BCUT2D eigenvalue weighted by molar-refractivity contribution is -0.150. The first-order chi connectivity index (χ1) is 24.7. The van der Waals surface area contributed by atoms with Crippen molar-refractivity contribution in [2.75, 3.05) is 0 Å². The summed E-state index contributed by atoms with van der Waals surface area (Å²) in [6.45, 7) is 10.7. The average Bonchev–Trinajstić information content (AvgIpc) is 3.10. The van der Waals surface area contributed by atoms with Crippen molar-refractivity contribution in [3.05, 3.63) is 70.8 Å². The maximum absolute atomic E-state index is 13.1. The molecule has 51 heavy (non-hydrogen) atoms. The molecule has 0 aliphatic heterocycles. The van der Waals surface area contributed by atoms with E-state index in [9.17, 15) is 14.7 Å². The van der Waals surface area contributed by atoms with Gasteiger partial charge in [0, 0.05) is 12.8 Å². The van der Waals surface area contributed by atoms with Crippen molar-refractivity contribution in [1.82, 2.24) is 0 Å². The molecule has 0 amide bonds. The fourth-order valence-electron chi connectivity index (χ4n) is 7.09. The molecule has 5 nitrogen and oxygen atoms in total. The fourth-order valence-corrected chi connectivity index (χ4v) is 7.09. The Hall–Kier alpha value is -2.66. The molecule has 1 atom stereocenters. The zero-order valence-electron chi connectivity index (χ0n) is 33.3. The molecular weight excluding hydrogens is 633 g/mol. The van der Waals surface area contributed by atoms with Crippen LogP contribution >= 0.6 is 0 Å². The summed E-state index contributed by atoms with van der Waals surface area (Å²) in [4.78, 5) is 26.0. The van der Waals surface area contributed by atoms with E-state index in [2.05, 4.69) is 83.1 Å². The third-order valence-corrected chi connectivity index (χ3v) is 10.4. The Kier molecular flexibility index (Phi) is 23.6. The number of aryl methyl sites for hydroxylation is 4. The van der Waals surface area contributed by atoms with Gasteiger partial charge in [-0.25, -0.2) is 0 Å². The highest BCUT2D eigenvalue weighted by atomic mass is 16.5. The monoisotopic (exact) mass is 707 g/mol. The van der Waals surface area contributed by atoms with Crippen molar-refractivity contribution in [1.29, 1.82) is 0 Å². The van der Waals surface area contributed by atoms with Gasteiger partial charge in [0.2, 0.25) is 0 Å². The number of benzene rings is 2. The summed E-state index contributed by atoms with van der Waals surface area (Å²) in [6, 6.07) is 17.2. The number of esters is 2. The van der Waals surface area contributed by atoms with Crippen molar-refractivity contribution in [3.8, 4) is 0 Å². The standard InChI is InChI=1S/C46H74O5/c1-6-9-11-13-15-19-42(20-16-14-12-10-7-2)50-44(47)21-17-36-46(49,35-8-3)37-18-22-45(48)51-43(33-31-40-27-23-38(4)24-28-40)34-32-41-29-25-39(5)26-30-41/h23-30,42-43,49H,6-22,31-37H2,1-5H3. The van der Waals surface area contributed by atoms with Gasteiger partial charge in [-0.05, 0) is 108 Å². The highest BCUT2D eigenvalue weighted by molar-refractivity contribution is 5.70. The zero-order chi connectivity index (χ0) is 37.2. The molecule has 0 spiro atoms. The maximum atomic E-state index is 13.1. The number of rotatable bonds is 30. The first-order valence-corrected chi connectivity index (χ1v) is 20.9. The van der Waals surface area contributed by atoms with Gasteiger partial charge in [0.25, 0.3) is 0 Å². The van der Waals surface area contributed by atoms with Crippen molar-refractivity contribution in [3.63, 3.8) is 0 Å². The Balaban J connectivity index is 1.84. The average molecular weight is 707 g/mol. The third kappa shape index (κ3) is 21.5. The van der Waals surface area contributed by atoms with Crippen molar-refractivity contribution < 1.29 is 24.2 Å². The molecule has 2 aromatic carbocycles. The van der Waals surface area contributed by atoms with Crippen LogP contribution in [0.15, 0.2) is 48.5 Å². The number of carbonyl (C=O) groups excluding carboxylic acids is 2. The SMILES string of the molecule is CCCCCCCC(CCCCCCC)OC(=O)CCCC(O)(CCC)CCCC(=O)OC(CCc1ccc(C)cc1)CCc1ccc(C)cc1. The van der Waals surface area contributed by atoms with Gasteiger partial charge in [-0.15, -0.1) is 0 Å². The predicted octanol–water partition coefficient (Wildman–Crippen LogP) is 12.3. The summed E-state index contributed by atoms with van der Waals surface area (Å²) < 4.78 is 12.1. The minimum atomic E-state index is -0.885.